The molecule has 0 spiro atoms. The Bertz CT molecular complexity index is 197. The van der Waals surface area contributed by atoms with E-state index in [0.29, 0.717) is 0 Å². The predicted octanol–water partition coefficient (Wildman–Crippen LogP) is 0.944. The molecule has 1 fully saturated rings. The second kappa shape index (κ2) is 2.62. The molecule has 0 aromatic rings. The van der Waals surface area contributed by atoms with Crippen molar-refractivity contribution in [3.8, 4) is 0 Å². The molecule has 1 amide bonds. The average Bonchev–Trinajstić information content (AvgIpc) is 2.05. The molecule has 0 aromatic heterocycles. The zero-order valence-corrected chi connectivity index (χ0v) is 7.87. The number of amides is 1. The number of aliphatic hydroxyl groups excluding tert-OH is 1. The van der Waals surface area contributed by atoms with Crippen LogP contribution in [0.4, 0.5) is 4.79 Å². The van der Waals surface area contributed by atoms with Crippen LogP contribution in [0, 0.1) is 0 Å². The number of ether oxygens (including phenoxy) is 1. The highest BCUT2D eigenvalue weighted by Gasteiger charge is 2.43. The number of nitrogens with zero attached hydrogens (tertiary/aromatic N) is 1. The maximum atomic E-state index is 11.2. The van der Waals surface area contributed by atoms with Crippen LogP contribution in [0.2, 0.25) is 0 Å². The summed E-state index contributed by atoms with van der Waals surface area (Å²) in [4.78, 5) is 12.7. The Balaban J connectivity index is 2.84. The molecule has 1 saturated heterocycles. The molecule has 4 nitrogen and oxygen atoms in total. The van der Waals surface area contributed by atoms with E-state index in [2.05, 4.69) is 4.74 Å². The van der Waals surface area contributed by atoms with E-state index in [-0.39, 0.29) is 11.6 Å². The lowest BCUT2D eigenvalue weighted by atomic mass is 10.1. The first-order chi connectivity index (χ1) is 5.34. The van der Waals surface area contributed by atoms with Gasteiger partial charge < -0.3 is 9.84 Å². The number of carbonyl (C=O) groups is 1. The second-order valence-corrected chi connectivity index (χ2v) is 4.06. The SMILES string of the molecule is C[C@H]1C(O)OC(=O)N1C(C)(C)C. The van der Waals surface area contributed by atoms with E-state index in [1.165, 1.54) is 4.90 Å². The van der Waals surface area contributed by atoms with E-state index in [0.717, 1.165) is 0 Å². The molecule has 1 heterocycles. The summed E-state index contributed by atoms with van der Waals surface area (Å²) in [6, 6.07) is -0.266. The Hall–Kier alpha value is -0.770. The Kier molecular flexibility index (Phi) is 2.04. The number of rotatable bonds is 0. The number of hydrogen-bond donors (Lipinski definition) is 1. The maximum absolute atomic E-state index is 11.2. The number of hydrogen-bond acceptors (Lipinski definition) is 3. The maximum Gasteiger partial charge on any atom is 0.413 e. The van der Waals surface area contributed by atoms with Crippen molar-refractivity contribution in [1.82, 2.24) is 4.90 Å². The first-order valence-electron chi connectivity index (χ1n) is 4.02. The van der Waals surface area contributed by atoms with Crippen molar-refractivity contribution < 1.29 is 14.6 Å². The highest BCUT2D eigenvalue weighted by molar-refractivity contribution is 5.71. The summed E-state index contributed by atoms with van der Waals surface area (Å²) in [7, 11) is 0. The van der Waals surface area contributed by atoms with Crippen LogP contribution in [0.1, 0.15) is 27.7 Å². The van der Waals surface area contributed by atoms with Crippen molar-refractivity contribution in [2.75, 3.05) is 0 Å². The van der Waals surface area contributed by atoms with Crippen molar-refractivity contribution >= 4 is 6.09 Å². The fourth-order valence-electron chi connectivity index (χ4n) is 1.44. The normalized spacial score (nSPS) is 30.8. The van der Waals surface area contributed by atoms with Crippen molar-refractivity contribution in [3.05, 3.63) is 0 Å². The average molecular weight is 173 g/mol. The molecule has 0 radical (unpaired) electrons. The topological polar surface area (TPSA) is 49.8 Å². The molecule has 0 saturated carbocycles. The third-order valence-corrected chi connectivity index (χ3v) is 1.96. The summed E-state index contributed by atoms with van der Waals surface area (Å²) < 4.78 is 4.66. The molecule has 1 N–H and O–H groups in total. The monoisotopic (exact) mass is 173 g/mol. The van der Waals surface area contributed by atoms with Gasteiger partial charge in [0.15, 0.2) is 0 Å². The summed E-state index contributed by atoms with van der Waals surface area (Å²) in [6.45, 7) is 7.48. The van der Waals surface area contributed by atoms with Crippen molar-refractivity contribution in [2.24, 2.45) is 0 Å². The highest BCUT2D eigenvalue weighted by Crippen LogP contribution is 2.26. The number of aliphatic hydroxyl groups is 1. The molecular formula is C8H15NO3. The van der Waals surface area contributed by atoms with E-state index in [9.17, 15) is 9.90 Å². The Morgan fingerprint density at radius 1 is 1.50 bits per heavy atom. The molecule has 0 aromatic carbocycles. The molecule has 70 valence electrons. The van der Waals surface area contributed by atoms with Gasteiger partial charge in [0, 0.05) is 5.54 Å². The predicted molar refractivity (Wildman–Crippen MR) is 43.5 cm³/mol. The molecule has 0 bridgehead atoms. The first-order valence-corrected chi connectivity index (χ1v) is 4.02. The Morgan fingerprint density at radius 2 is 2.00 bits per heavy atom. The quantitative estimate of drug-likeness (QED) is 0.593. The van der Waals surface area contributed by atoms with Gasteiger partial charge >= 0.3 is 6.09 Å². The fourth-order valence-corrected chi connectivity index (χ4v) is 1.44. The standard InChI is InChI=1S/C8H15NO3/c1-5-6(10)12-7(11)9(5)8(2,3)4/h5-6,10H,1-4H3/t5-,6?/m0/s1. The van der Waals surface area contributed by atoms with Gasteiger partial charge in [0.25, 0.3) is 0 Å². The van der Waals surface area contributed by atoms with Crippen LogP contribution >= 0.6 is 0 Å². The first kappa shape index (κ1) is 9.32. The Labute approximate surface area is 72.1 Å². The van der Waals surface area contributed by atoms with E-state index in [4.69, 9.17) is 0 Å². The van der Waals surface area contributed by atoms with Crippen LogP contribution in [0.3, 0.4) is 0 Å². The molecule has 1 rings (SSSR count). The van der Waals surface area contributed by atoms with Gasteiger partial charge in [0.2, 0.25) is 6.29 Å². The summed E-state index contributed by atoms with van der Waals surface area (Å²) in [5.74, 6) is 0. The lowest BCUT2D eigenvalue weighted by Crippen LogP contribution is -2.47. The van der Waals surface area contributed by atoms with Crippen LogP contribution in [-0.2, 0) is 4.74 Å². The smallest absolute Gasteiger partial charge is 0.413 e. The van der Waals surface area contributed by atoms with E-state index in [1.54, 1.807) is 6.92 Å². The summed E-state index contributed by atoms with van der Waals surface area (Å²) in [6.07, 6.45) is -1.43. The van der Waals surface area contributed by atoms with E-state index < -0.39 is 12.4 Å². The molecule has 1 aliphatic heterocycles. The summed E-state index contributed by atoms with van der Waals surface area (Å²) in [5.41, 5.74) is -0.298. The lowest BCUT2D eigenvalue weighted by molar-refractivity contribution is -0.0367. The largest absolute Gasteiger partial charge is 0.417 e. The molecule has 1 unspecified atom stereocenters. The fraction of sp³-hybridized carbons (Fsp3) is 0.875. The minimum Gasteiger partial charge on any atom is -0.417 e. The minimum absolute atomic E-state index is 0.266. The number of carbonyl (C=O) groups excluding carboxylic acids is 1. The van der Waals surface area contributed by atoms with Gasteiger partial charge in [-0.3, -0.25) is 4.90 Å². The molecule has 4 heteroatoms. The van der Waals surface area contributed by atoms with Gasteiger partial charge in [-0.15, -0.1) is 0 Å². The summed E-state index contributed by atoms with van der Waals surface area (Å²) in [5, 5.41) is 9.22. The van der Waals surface area contributed by atoms with Crippen molar-refractivity contribution in [2.45, 2.75) is 45.6 Å². The van der Waals surface area contributed by atoms with Crippen LogP contribution in [0.15, 0.2) is 0 Å². The van der Waals surface area contributed by atoms with Gasteiger partial charge in [-0.05, 0) is 27.7 Å². The van der Waals surface area contributed by atoms with E-state index >= 15 is 0 Å². The lowest BCUT2D eigenvalue weighted by Gasteiger charge is -2.32. The van der Waals surface area contributed by atoms with Gasteiger partial charge in [-0.2, -0.15) is 0 Å². The van der Waals surface area contributed by atoms with Crippen LogP contribution in [-0.4, -0.2) is 34.0 Å². The van der Waals surface area contributed by atoms with Crippen LogP contribution < -0.4 is 0 Å². The van der Waals surface area contributed by atoms with Gasteiger partial charge in [-0.1, -0.05) is 0 Å². The Morgan fingerprint density at radius 3 is 2.17 bits per heavy atom. The molecule has 2 atom stereocenters. The van der Waals surface area contributed by atoms with Crippen LogP contribution in [0.5, 0.6) is 0 Å². The van der Waals surface area contributed by atoms with Gasteiger partial charge in [0.1, 0.15) is 0 Å². The zero-order valence-electron chi connectivity index (χ0n) is 7.87. The third-order valence-electron chi connectivity index (χ3n) is 1.96. The summed E-state index contributed by atoms with van der Waals surface area (Å²) >= 11 is 0. The molecule has 12 heavy (non-hydrogen) atoms. The number of cyclic esters (lactones) is 1. The highest BCUT2D eigenvalue weighted by atomic mass is 16.7. The third kappa shape index (κ3) is 1.39. The molecule has 1 aliphatic rings. The van der Waals surface area contributed by atoms with Gasteiger partial charge in [-0.25, -0.2) is 4.79 Å². The zero-order chi connectivity index (χ0) is 9.52. The van der Waals surface area contributed by atoms with Crippen LogP contribution in [0.25, 0.3) is 0 Å². The molecule has 0 aliphatic carbocycles. The van der Waals surface area contributed by atoms with Crippen molar-refractivity contribution in [3.63, 3.8) is 0 Å². The molecular weight excluding hydrogens is 158 g/mol. The van der Waals surface area contributed by atoms with Gasteiger partial charge in [0.05, 0.1) is 6.04 Å². The van der Waals surface area contributed by atoms with E-state index in [1.807, 2.05) is 20.8 Å². The minimum atomic E-state index is -0.989. The van der Waals surface area contributed by atoms with Crippen molar-refractivity contribution in [1.29, 1.82) is 0 Å². The second-order valence-electron chi connectivity index (χ2n) is 4.06.